The molecule has 0 amide bonds. The monoisotopic (exact) mass is 342 g/mol. The summed E-state index contributed by atoms with van der Waals surface area (Å²) in [6, 6.07) is 7.56. The molecule has 6 heteroatoms. The Labute approximate surface area is 124 Å². The normalized spacial score (nSPS) is 12.2. The molecule has 1 atom stereocenters. The molecular weight excluding hydrogens is 328 g/mol. The van der Waals surface area contributed by atoms with Crippen molar-refractivity contribution in [1.82, 2.24) is 5.43 Å². The van der Waals surface area contributed by atoms with E-state index in [-0.39, 0.29) is 6.04 Å². The zero-order valence-electron chi connectivity index (χ0n) is 10.6. The summed E-state index contributed by atoms with van der Waals surface area (Å²) < 4.78 is 11.7. The van der Waals surface area contributed by atoms with E-state index >= 15 is 0 Å². The molecule has 0 fully saturated rings. The van der Waals surface area contributed by atoms with Gasteiger partial charge < -0.3 is 9.47 Å². The lowest BCUT2D eigenvalue weighted by Crippen LogP contribution is -2.28. The molecule has 4 nitrogen and oxygen atoms in total. The van der Waals surface area contributed by atoms with Crippen molar-refractivity contribution in [3.8, 4) is 11.5 Å². The Morgan fingerprint density at radius 2 is 2.05 bits per heavy atom. The van der Waals surface area contributed by atoms with Gasteiger partial charge in [-0.1, -0.05) is 0 Å². The van der Waals surface area contributed by atoms with Crippen molar-refractivity contribution < 1.29 is 9.47 Å². The topological polar surface area (TPSA) is 56.5 Å². The van der Waals surface area contributed by atoms with E-state index in [0.29, 0.717) is 0 Å². The third-order valence-corrected chi connectivity index (χ3v) is 4.55. The van der Waals surface area contributed by atoms with Crippen LogP contribution in [0.1, 0.15) is 16.5 Å². The van der Waals surface area contributed by atoms with Crippen molar-refractivity contribution in [3.05, 3.63) is 44.6 Å². The average Bonchev–Trinajstić information content (AvgIpc) is 2.86. The highest BCUT2D eigenvalue weighted by atomic mass is 79.9. The van der Waals surface area contributed by atoms with Crippen LogP contribution in [-0.2, 0) is 0 Å². The molecule has 0 aliphatic heterocycles. The van der Waals surface area contributed by atoms with Crippen molar-refractivity contribution in [2.45, 2.75) is 6.04 Å². The Morgan fingerprint density at radius 3 is 2.58 bits per heavy atom. The Hall–Kier alpha value is -1.08. The van der Waals surface area contributed by atoms with Crippen molar-refractivity contribution in [1.29, 1.82) is 0 Å². The highest BCUT2D eigenvalue weighted by molar-refractivity contribution is 9.10. The van der Waals surface area contributed by atoms with Gasteiger partial charge in [0.25, 0.3) is 0 Å². The molecule has 3 N–H and O–H groups in total. The molecule has 0 aliphatic rings. The first-order valence-corrected chi connectivity index (χ1v) is 7.28. The fourth-order valence-corrected chi connectivity index (χ4v) is 3.39. The molecule has 102 valence electrons. The smallest absolute Gasteiger partial charge is 0.124 e. The summed E-state index contributed by atoms with van der Waals surface area (Å²) in [5.41, 5.74) is 3.77. The Bertz CT molecular complexity index is 559. The number of hydrogen-bond acceptors (Lipinski definition) is 5. The highest BCUT2D eigenvalue weighted by Crippen LogP contribution is 2.36. The molecule has 19 heavy (non-hydrogen) atoms. The van der Waals surface area contributed by atoms with Crippen LogP contribution in [0.15, 0.2) is 34.1 Å². The molecular formula is C13H15BrN2O2S. The molecule has 0 saturated carbocycles. The first kappa shape index (κ1) is 14.3. The summed E-state index contributed by atoms with van der Waals surface area (Å²) in [5.74, 6) is 7.25. The average molecular weight is 343 g/mol. The second kappa shape index (κ2) is 6.38. The molecule has 0 spiro atoms. The summed E-state index contributed by atoms with van der Waals surface area (Å²) in [4.78, 5) is 1.10. The van der Waals surface area contributed by atoms with Crippen LogP contribution >= 0.6 is 27.3 Å². The Kier molecular flexibility index (Phi) is 4.81. The minimum Gasteiger partial charge on any atom is -0.497 e. The maximum absolute atomic E-state index is 5.71. The lowest BCUT2D eigenvalue weighted by molar-refractivity contribution is 0.394. The first-order valence-electron chi connectivity index (χ1n) is 5.61. The van der Waals surface area contributed by atoms with E-state index in [1.807, 2.05) is 29.6 Å². The van der Waals surface area contributed by atoms with E-state index in [9.17, 15) is 0 Å². The summed E-state index contributed by atoms with van der Waals surface area (Å²) in [6.45, 7) is 0. The minimum absolute atomic E-state index is 0.138. The first-order chi connectivity index (χ1) is 9.19. The number of hydrogen-bond donors (Lipinski definition) is 2. The van der Waals surface area contributed by atoms with Crippen LogP contribution in [0.2, 0.25) is 0 Å². The van der Waals surface area contributed by atoms with E-state index in [1.54, 1.807) is 25.6 Å². The summed E-state index contributed by atoms with van der Waals surface area (Å²) >= 11 is 5.08. The van der Waals surface area contributed by atoms with Gasteiger partial charge in [0.2, 0.25) is 0 Å². The molecule has 2 aromatic rings. The van der Waals surface area contributed by atoms with Crippen molar-refractivity contribution in [2.75, 3.05) is 14.2 Å². The summed E-state index contributed by atoms with van der Waals surface area (Å²) in [5, 5.41) is 2.02. The Morgan fingerprint density at radius 1 is 1.26 bits per heavy atom. The largest absolute Gasteiger partial charge is 0.497 e. The van der Waals surface area contributed by atoms with Gasteiger partial charge in [0, 0.05) is 20.3 Å². The number of hydrazine groups is 1. The number of rotatable bonds is 5. The molecule has 1 unspecified atom stereocenters. The lowest BCUT2D eigenvalue weighted by atomic mass is 10.0. The number of thiophene rings is 1. The second-order valence-electron chi connectivity index (χ2n) is 3.87. The van der Waals surface area contributed by atoms with E-state index in [1.165, 1.54) is 0 Å². The molecule has 0 radical (unpaired) electrons. The van der Waals surface area contributed by atoms with E-state index in [4.69, 9.17) is 15.3 Å². The van der Waals surface area contributed by atoms with Gasteiger partial charge in [0.15, 0.2) is 0 Å². The molecule has 2 rings (SSSR count). The molecule has 0 bridgehead atoms. The minimum atomic E-state index is -0.138. The van der Waals surface area contributed by atoms with Crippen molar-refractivity contribution >= 4 is 27.3 Å². The zero-order chi connectivity index (χ0) is 13.8. The third kappa shape index (κ3) is 3.09. The van der Waals surface area contributed by atoms with Crippen LogP contribution in [0.25, 0.3) is 0 Å². The van der Waals surface area contributed by atoms with Crippen molar-refractivity contribution in [2.24, 2.45) is 5.84 Å². The molecule has 0 aliphatic carbocycles. The fraction of sp³-hybridized carbons (Fsp3) is 0.231. The van der Waals surface area contributed by atoms with Gasteiger partial charge in [0.05, 0.1) is 20.3 Å². The lowest BCUT2D eigenvalue weighted by Gasteiger charge is -2.18. The number of benzene rings is 1. The van der Waals surface area contributed by atoms with E-state index in [2.05, 4.69) is 21.4 Å². The number of ether oxygens (including phenoxy) is 2. The maximum Gasteiger partial charge on any atom is 0.124 e. The number of nitrogens with one attached hydrogen (secondary N) is 1. The van der Waals surface area contributed by atoms with Crippen LogP contribution in [0, 0.1) is 0 Å². The summed E-state index contributed by atoms with van der Waals surface area (Å²) in [6.07, 6.45) is 0. The quantitative estimate of drug-likeness (QED) is 0.647. The zero-order valence-corrected chi connectivity index (χ0v) is 13.0. The molecule has 1 heterocycles. The van der Waals surface area contributed by atoms with Crippen molar-refractivity contribution in [3.63, 3.8) is 0 Å². The van der Waals surface area contributed by atoms with Crippen LogP contribution in [0.3, 0.4) is 0 Å². The maximum atomic E-state index is 5.71. The predicted octanol–water partition coefficient (Wildman–Crippen LogP) is 3.08. The van der Waals surface area contributed by atoms with Gasteiger partial charge >= 0.3 is 0 Å². The van der Waals surface area contributed by atoms with Crippen LogP contribution in [0.5, 0.6) is 11.5 Å². The predicted molar refractivity (Wildman–Crippen MR) is 80.7 cm³/mol. The van der Waals surface area contributed by atoms with Gasteiger partial charge in [-0.25, -0.2) is 5.43 Å². The number of nitrogens with two attached hydrogens (primary N) is 1. The number of methoxy groups -OCH3 is 2. The standard InChI is InChI=1S/C13H15BrN2O2S/c1-17-9-3-4-11(18-2)10(6-9)13(16-15)12-5-8(14)7-19-12/h3-7,13,16H,15H2,1-2H3. The van der Waals surface area contributed by atoms with Gasteiger partial charge in [-0.15, -0.1) is 11.3 Å². The Balaban J connectivity index is 2.47. The molecule has 1 aromatic heterocycles. The van der Waals surface area contributed by atoms with E-state index < -0.39 is 0 Å². The summed E-state index contributed by atoms with van der Waals surface area (Å²) in [7, 11) is 3.28. The van der Waals surface area contributed by atoms with Crippen LogP contribution in [0.4, 0.5) is 0 Å². The van der Waals surface area contributed by atoms with Gasteiger partial charge in [-0.3, -0.25) is 5.84 Å². The number of halogens is 1. The highest BCUT2D eigenvalue weighted by Gasteiger charge is 2.19. The second-order valence-corrected chi connectivity index (χ2v) is 5.73. The van der Waals surface area contributed by atoms with Gasteiger partial charge in [0.1, 0.15) is 11.5 Å². The molecule has 1 aromatic carbocycles. The van der Waals surface area contributed by atoms with Gasteiger partial charge in [-0.05, 0) is 40.2 Å². The SMILES string of the molecule is COc1ccc(OC)c(C(NN)c2cc(Br)cs2)c1. The fourth-order valence-electron chi connectivity index (χ4n) is 1.87. The third-order valence-electron chi connectivity index (χ3n) is 2.79. The van der Waals surface area contributed by atoms with E-state index in [0.717, 1.165) is 26.4 Å². The van der Waals surface area contributed by atoms with Gasteiger partial charge in [-0.2, -0.15) is 0 Å². The van der Waals surface area contributed by atoms with Crippen LogP contribution in [-0.4, -0.2) is 14.2 Å². The molecule has 0 saturated heterocycles. The van der Waals surface area contributed by atoms with Crippen LogP contribution < -0.4 is 20.7 Å².